The summed E-state index contributed by atoms with van der Waals surface area (Å²) in [5.74, 6) is -5.47. The van der Waals surface area contributed by atoms with E-state index in [9.17, 15) is 34.8 Å². The van der Waals surface area contributed by atoms with Crippen molar-refractivity contribution in [2.45, 2.75) is 134 Å². The highest BCUT2D eigenvalue weighted by Crippen LogP contribution is 2.28. The Labute approximate surface area is 279 Å². The zero-order valence-corrected chi connectivity index (χ0v) is 27.9. The summed E-state index contributed by atoms with van der Waals surface area (Å²) in [6.45, 7) is 1.55. The number of aliphatic hydroxyl groups is 2. The summed E-state index contributed by atoms with van der Waals surface area (Å²) in [5.41, 5.74) is 0.227. The normalized spacial score (nSPS) is 21.3. The molecule has 0 amide bonds. The lowest BCUT2D eigenvalue weighted by molar-refractivity contribution is -0.309. The quantitative estimate of drug-likeness (QED) is 0.0402. The van der Waals surface area contributed by atoms with Crippen molar-refractivity contribution in [1.82, 2.24) is 0 Å². The fraction of sp³-hybridized carbons (Fsp3) is 0.694. The number of carbonyl (C=O) groups excluding carboxylic acids is 1. The van der Waals surface area contributed by atoms with Gasteiger partial charge in [-0.15, -0.1) is 0 Å². The van der Waals surface area contributed by atoms with Gasteiger partial charge in [0.15, 0.2) is 18.3 Å². The average molecular weight is 665 g/mol. The van der Waals surface area contributed by atoms with Crippen LogP contribution in [0.1, 0.15) is 114 Å². The third-order valence-corrected chi connectivity index (χ3v) is 8.28. The second-order valence-corrected chi connectivity index (χ2v) is 12.1. The van der Waals surface area contributed by atoms with Gasteiger partial charge in [0.1, 0.15) is 18.3 Å². The number of aliphatic hydroxyl groups excluding tert-OH is 2. The minimum Gasteiger partial charge on any atom is -0.481 e. The molecule has 11 heteroatoms. The number of allylic oxidation sites excluding steroid dienone is 2. The third kappa shape index (κ3) is 15.7. The topological polar surface area (TPSA) is 169 Å². The van der Waals surface area contributed by atoms with Crippen molar-refractivity contribution < 1.29 is 53.8 Å². The predicted octanol–water partition coefficient (Wildman–Crippen LogP) is 5.90. The lowest BCUT2D eigenvalue weighted by atomic mass is 9.98. The van der Waals surface area contributed by atoms with Crippen LogP contribution < -0.4 is 0 Å². The summed E-state index contributed by atoms with van der Waals surface area (Å²) in [4.78, 5) is 35.6. The molecule has 0 aliphatic carbocycles. The molecule has 1 aromatic carbocycles. The third-order valence-electron chi connectivity index (χ3n) is 8.28. The van der Waals surface area contributed by atoms with Crippen molar-refractivity contribution in [1.29, 1.82) is 0 Å². The number of hydrogen-bond donors (Lipinski definition) is 4. The molecule has 11 nitrogen and oxygen atoms in total. The van der Waals surface area contributed by atoms with Crippen LogP contribution in [-0.4, -0.2) is 88.9 Å². The van der Waals surface area contributed by atoms with Crippen LogP contribution in [0.4, 0.5) is 0 Å². The number of carboxylic acid groups (broad SMARTS) is 2. The van der Waals surface area contributed by atoms with E-state index in [1.807, 2.05) is 0 Å². The first-order valence-electron chi connectivity index (χ1n) is 17.3. The Morgan fingerprint density at radius 2 is 1.36 bits per heavy atom. The lowest BCUT2D eigenvalue weighted by Crippen LogP contribution is -2.61. The number of unbranched alkanes of at least 4 members (excludes halogenated alkanes) is 12. The number of carboxylic acids is 2. The molecule has 266 valence electrons. The van der Waals surface area contributed by atoms with Crippen LogP contribution in [0, 0.1) is 5.92 Å². The Hall–Kier alpha value is -2.83. The molecule has 1 aliphatic rings. The van der Waals surface area contributed by atoms with Crippen LogP contribution in [0.2, 0.25) is 0 Å². The van der Waals surface area contributed by atoms with Crippen LogP contribution in [0.25, 0.3) is 0 Å². The maximum atomic E-state index is 12.9. The SMILES string of the molecule is CCCC=CCCCCCCCCCCCCCO[C@H]1O[C@H](CO)[C@H](O)[C@H](OC(=O)c2ccccc2)[C@H]1OCCC(C(=O)O)C(=O)O. The van der Waals surface area contributed by atoms with Crippen LogP contribution in [0.15, 0.2) is 42.5 Å². The monoisotopic (exact) mass is 664 g/mol. The highest BCUT2D eigenvalue weighted by atomic mass is 16.7. The molecule has 0 spiro atoms. The standard InChI is InChI=1S/C36H56O11/c1-2-3-4-5-6-7-8-9-10-11-12-13-14-15-16-20-24-45-36-32(44-25-23-28(33(39)40)34(41)42)31(30(38)29(26-37)46-36)47-35(43)27-21-18-17-19-22-27/h4-5,17-19,21-22,28-32,36-38H,2-3,6-16,20,23-26H2,1H3,(H,39,40)(H,41,42)/t29-,30+,31+,32-,36+/m1/s1. The van der Waals surface area contributed by atoms with E-state index < -0.39 is 61.1 Å². The molecule has 0 bridgehead atoms. The number of ether oxygens (including phenoxy) is 4. The zero-order valence-electron chi connectivity index (χ0n) is 27.9. The zero-order chi connectivity index (χ0) is 34.3. The Morgan fingerprint density at radius 3 is 1.94 bits per heavy atom. The molecule has 0 aromatic heterocycles. The van der Waals surface area contributed by atoms with E-state index in [-0.39, 0.29) is 25.2 Å². The summed E-state index contributed by atoms with van der Waals surface area (Å²) >= 11 is 0. The molecular formula is C36H56O11. The Kier molecular flexibility index (Phi) is 20.9. The van der Waals surface area contributed by atoms with Gasteiger partial charge in [-0.2, -0.15) is 0 Å². The van der Waals surface area contributed by atoms with Gasteiger partial charge in [-0.05, 0) is 44.2 Å². The van der Waals surface area contributed by atoms with Crippen molar-refractivity contribution in [3.05, 3.63) is 48.0 Å². The van der Waals surface area contributed by atoms with Crippen molar-refractivity contribution >= 4 is 17.9 Å². The molecule has 2 rings (SSSR count). The number of carbonyl (C=O) groups is 3. The average Bonchev–Trinajstić information content (AvgIpc) is 3.06. The van der Waals surface area contributed by atoms with Crippen molar-refractivity contribution in [3.63, 3.8) is 0 Å². The molecular weight excluding hydrogens is 608 g/mol. The van der Waals surface area contributed by atoms with E-state index in [4.69, 9.17) is 18.9 Å². The van der Waals surface area contributed by atoms with Crippen LogP contribution >= 0.6 is 0 Å². The van der Waals surface area contributed by atoms with E-state index in [0.29, 0.717) is 0 Å². The summed E-state index contributed by atoms with van der Waals surface area (Å²) < 4.78 is 23.2. The fourth-order valence-electron chi connectivity index (χ4n) is 5.48. The van der Waals surface area contributed by atoms with E-state index in [0.717, 1.165) is 25.7 Å². The number of aliphatic carboxylic acids is 2. The summed E-state index contributed by atoms with van der Waals surface area (Å²) in [6.07, 6.45) is 14.2. The summed E-state index contributed by atoms with van der Waals surface area (Å²) in [6, 6.07) is 8.13. The number of esters is 1. The molecule has 47 heavy (non-hydrogen) atoms. The van der Waals surface area contributed by atoms with Crippen molar-refractivity contribution in [2.75, 3.05) is 19.8 Å². The second kappa shape index (κ2) is 24.3. The van der Waals surface area contributed by atoms with Gasteiger partial charge in [-0.25, -0.2) is 4.79 Å². The van der Waals surface area contributed by atoms with E-state index in [1.165, 1.54) is 64.2 Å². The minimum atomic E-state index is -1.71. The van der Waals surface area contributed by atoms with Gasteiger partial charge in [-0.1, -0.05) is 101 Å². The molecule has 1 aliphatic heterocycles. The van der Waals surface area contributed by atoms with Gasteiger partial charge < -0.3 is 39.4 Å². The number of hydrogen-bond acceptors (Lipinski definition) is 9. The first kappa shape index (κ1) is 40.3. The van der Waals surface area contributed by atoms with Crippen molar-refractivity contribution in [3.8, 4) is 0 Å². The summed E-state index contributed by atoms with van der Waals surface area (Å²) in [5, 5.41) is 39.3. The molecule has 1 aromatic rings. The Morgan fingerprint density at radius 1 is 0.787 bits per heavy atom. The highest BCUT2D eigenvalue weighted by molar-refractivity contribution is 5.92. The Balaban J connectivity index is 1.82. The fourth-order valence-corrected chi connectivity index (χ4v) is 5.48. The predicted molar refractivity (Wildman–Crippen MR) is 176 cm³/mol. The first-order valence-corrected chi connectivity index (χ1v) is 17.3. The Bertz CT molecular complexity index is 1020. The van der Waals surface area contributed by atoms with Gasteiger partial charge in [0, 0.05) is 13.2 Å². The number of benzene rings is 1. The lowest BCUT2D eigenvalue weighted by Gasteiger charge is -2.43. The number of rotatable bonds is 26. The van der Waals surface area contributed by atoms with Gasteiger partial charge in [0.2, 0.25) is 0 Å². The van der Waals surface area contributed by atoms with Gasteiger partial charge >= 0.3 is 17.9 Å². The molecule has 0 unspecified atom stereocenters. The maximum absolute atomic E-state index is 12.9. The van der Waals surface area contributed by atoms with Crippen LogP contribution in [-0.2, 0) is 28.5 Å². The molecule has 1 heterocycles. The summed E-state index contributed by atoms with van der Waals surface area (Å²) in [7, 11) is 0. The van der Waals surface area contributed by atoms with Crippen LogP contribution in [0.3, 0.4) is 0 Å². The van der Waals surface area contributed by atoms with Gasteiger partial charge in [0.05, 0.1) is 12.2 Å². The highest BCUT2D eigenvalue weighted by Gasteiger charge is 2.49. The molecule has 1 saturated heterocycles. The maximum Gasteiger partial charge on any atom is 0.338 e. The van der Waals surface area contributed by atoms with Crippen molar-refractivity contribution in [2.24, 2.45) is 5.92 Å². The minimum absolute atomic E-state index is 0.227. The largest absolute Gasteiger partial charge is 0.481 e. The second-order valence-electron chi connectivity index (χ2n) is 12.1. The molecule has 0 radical (unpaired) electrons. The molecule has 5 atom stereocenters. The van der Waals surface area contributed by atoms with Gasteiger partial charge in [-0.3, -0.25) is 9.59 Å². The van der Waals surface area contributed by atoms with E-state index in [2.05, 4.69) is 19.1 Å². The van der Waals surface area contributed by atoms with E-state index in [1.54, 1.807) is 30.3 Å². The molecule has 4 N–H and O–H groups in total. The smallest absolute Gasteiger partial charge is 0.338 e. The van der Waals surface area contributed by atoms with E-state index >= 15 is 0 Å². The molecule has 1 fully saturated rings. The van der Waals surface area contributed by atoms with Gasteiger partial charge in [0.25, 0.3) is 0 Å². The first-order chi connectivity index (χ1) is 22.8. The molecule has 0 saturated carbocycles. The van der Waals surface area contributed by atoms with Crippen LogP contribution in [0.5, 0.6) is 0 Å².